The molecule has 2 atom stereocenters. The highest BCUT2D eigenvalue weighted by molar-refractivity contribution is 5.82. The van der Waals surface area contributed by atoms with E-state index in [9.17, 15) is 4.79 Å². The van der Waals surface area contributed by atoms with Crippen molar-refractivity contribution in [2.75, 3.05) is 39.3 Å². The Morgan fingerprint density at radius 3 is 2.45 bits per heavy atom. The molecule has 3 aliphatic rings. The van der Waals surface area contributed by atoms with Gasteiger partial charge in [-0.05, 0) is 57.2 Å². The molecule has 2 aliphatic carbocycles. The van der Waals surface area contributed by atoms with Crippen LogP contribution in [0.25, 0.3) is 0 Å². The van der Waals surface area contributed by atoms with E-state index in [1.165, 1.54) is 25.7 Å². The fourth-order valence-electron chi connectivity index (χ4n) is 4.30. The summed E-state index contributed by atoms with van der Waals surface area (Å²) < 4.78 is 0. The van der Waals surface area contributed by atoms with Crippen molar-refractivity contribution in [1.29, 1.82) is 0 Å². The molecule has 3 rings (SSSR count). The normalized spacial score (nSPS) is 34.5. The zero-order valence-electron chi connectivity index (χ0n) is 12.6. The fourth-order valence-corrected chi connectivity index (χ4v) is 4.30. The Bertz CT molecular complexity index is 335. The first kappa shape index (κ1) is 14.3. The molecule has 2 N–H and O–H groups in total. The summed E-state index contributed by atoms with van der Waals surface area (Å²) in [6.45, 7) is 5.92. The fraction of sp³-hybridized carbons (Fsp3) is 0.938. The summed E-state index contributed by atoms with van der Waals surface area (Å²) in [5, 5.41) is 0. The molecular weight excluding hydrogens is 250 g/mol. The molecule has 2 unspecified atom stereocenters. The van der Waals surface area contributed by atoms with Gasteiger partial charge in [0.15, 0.2) is 0 Å². The van der Waals surface area contributed by atoms with Crippen molar-refractivity contribution in [3.05, 3.63) is 0 Å². The first-order chi connectivity index (χ1) is 9.81. The van der Waals surface area contributed by atoms with Gasteiger partial charge in [0.1, 0.15) is 0 Å². The van der Waals surface area contributed by atoms with Crippen LogP contribution in [0.15, 0.2) is 0 Å². The number of nitrogens with two attached hydrogens (primary N) is 1. The lowest BCUT2D eigenvalue weighted by molar-refractivity contribution is -0.133. The molecule has 4 heteroatoms. The van der Waals surface area contributed by atoms with Gasteiger partial charge in [-0.15, -0.1) is 0 Å². The third-order valence-corrected chi connectivity index (χ3v) is 5.52. The standard InChI is InChI=1S/C16H29N3O/c17-7-3-8-18-9-4-10-19(12-11-18)16(20)15-13-5-1-2-6-14(13)15/h13-15H,1-12,17H2. The molecule has 0 radical (unpaired) electrons. The lowest BCUT2D eigenvalue weighted by Crippen LogP contribution is -2.37. The number of rotatable bonds is 4. The monoisotopic (exact) mass is 279 g/mol. The summed E-state index contributed by atoms with van der Waals surface area (Å²) in [4.78, 5) is 17.3. The zero-order chi connectivity index (χ0) is 13.9. The molecule has 4 nitrogen and oxygen atoms in total. The second-order valence-corrected chi connectivity index (χ2v) is 6.80. The predicted octanol–water partition coefficient (Wildman–Crippen LogP) is 1.31. The summed E-state index contributed by atoms with van der Waals surface area (Å²) in [6.07, 6.45) is 7.49. The quantitative estimate of drug-likeness (QED) is 0.844. The van der Waals surface area contributed by atoms with Crippen molar-refractivity contribution in [2.45, 2.75) is 38.5 Å². The lowest BCUT2D eigenvalue weighted by Gasteiger charge is -2.22. The summed E-state index contributed by atoms with van der Waals surface area (Å²) >= 11 is 0. The van der Waals surface area contributed by atoms with Gasteiger partial charge in [-0.2, -0.15) is 0 Å². The molecule has 3 fully saturated rings. The lowest BCUT2D eigenvalue weighted by atomic mass is 10.0. The van der Waals surface area contributed by atoms with E-state index in [4.69, 9.17) is 5.73 Å². The van der Waals surface area contributed by atoms with Crippen molar-refractivity contribution in [3.63, 3.8) is 0 Å². The van der Waals surface area contributed by atoms with E-state index in [0.717, 1.165) is 63.9 Å². The molecule has 1 aliphatic heterocycles. The number of carbonyl (C=O) groups is 1. The average Bonchev–Trinajstić information content (AvgIpc) is 3.24. The minimum Gasteiger partial charge on any atom is -0.341 e. The molecule has 0 bridgehead atoms. The van der Waals surface area contributed by atoms with Crippen LogP contribution in [0.4, 0.5) is 0 Å². The second kappa shape index (κ2) is 6.44. The van der Waals surface area contributed by atoms with Crippen molar-refractivity contribution in [3.8, 4) is 0 Å². The van der Waals surface area contributed by atoms with E-state index in [1.54, 1.807) is 0 Å². The van der Waals surface area contributed by atoms with E-state index in [-0.39, 0.29) is 0 Å². The number of carbonyl (C=O) groups excluding carboxylic acids is 1. The summed E-state index contributed by atoms with van der Waals surface area (Å²) in [6, 6.07) is 0. The minimum absolute atomic E-state index is 0.396. The SMILES string of the molecule is NCCCN1CCCN(C(=O)C2C3CCCCC32)CC1. The summed E-state index contributed by atoms with van der Waals surface area (Å²) in [5.41, 5.74) is 5.58. The van der Waals surface area contributed by atoms with Crippen molar-refractivity contribution in [2.24, 2.45) is 23.5 Å². The van der Waals surface area contributed by atoms with Gasteiger partial charge in [0, 0.05) is 25.6 Å². The molecule has 0 aromatic rings. The van der Waals surface area contributed by atoms with Gasteiger partial charge >= 0.3 is 0 Å². The Kier molecular flexibility index (Phi) is 4.61. The van der Waals surface area contributed by atoms with Gasteiger partial charge in [0.05, 0.1) is 0 Å². The van der Waals surface area contributed by atoms with Gasteiger partial charge in [-0.25, -0.2) is 0 Å². The Balaban J connectivity index is 1.49. The maximum atomic E-state index is 12.7. The Morgan fingerprint density at radius 1 is 1.00 bits per heavy atom. The highest BCUT2D eigenvalue weighted by Crippen LogP contribution is 2.56. The van der Waals surface area contributed by atoms with Crippen molar-refractivity contribution >= 4 is 5.91 Å². The van der Waals surface area contributed by atoms with Crippen LogP contribution >= 0.6 is 0 Å². The third-order valence-electron chi connectivity index (χ3n) is 5.52. The molecule has 0 aromatic carbocycles. The smallest absolute Gasteiger partial charge is 0.226 e. The molecule has 0 aromatic heterocycles. The molecule has 1 heterocycles. The molecule has 2 saturated carbocycles. The largest absolute Gasteiger partial charge is 0.341 e. The van der Waals surface area contributed by atoms with Crippen LogP contribution < -0.4 is 5.73 Å². The van der Waals surface area contributed by atoms with Gasteiger partial charge in [-0.3, -0.25) is 4.79 Å². The van der Waals surface area contributed by atoms with Crippen LogP contribution in [0, 0.1) is 17.8 Å². The Labute approximate surface area is 122 Å². The zero-order valence-corrected chi connectivity index (χ0v) is 12.6. The topological polar surface area (TPSA) is 49.6 Å². The maximum absolute atomic E-state index is 12.7. The summed E-state index contributed by atoms with van der Waals surface area (Å²) in [5.74, 6) is 2.36. The van der Waals surface area contributed by atoms with E-state index >= 15 is 0 Å². The van der Waals surface area contributed by atoms with E-state index in [2.05, 4.69) is 9.80 Å². The number of amides is 1. The average molecular weight is 279 g/mol. The molecule has 1 saturated heterocycles. The van der Waals surface area contributed by atoms with Gasteiger partial charge in [0.2, 0.25) is 5.91 Å². The molecular formula is C16H29N3O. The van der Waals surface area contributed by atoms with Gasteiger partial charge in [-0.1, -0.05) is 12.8 Å². The number of nitrogens with zero attached hydrogens (tertiary/aromatic N) is 2. The second-order valence-electron chi connectivity index (χ2n) is 6.80. The Morgan fingerprint density at radius 2 is 1.75 bits per heavy atom. The van der Waals surface area contributed by atoms with Crippen molar-refractivity contribution in [1.82, 2.24) is 9.80 Å². The molecule has 0 spiro atoms. The first-order valence-corrected chi connectivity index (χ1v) is 8.52. The highest BCUT2D eigenvalue weighted by atomic mass is 16.2. The number of hydrogen-bond donors (Lipinski definition) is 1. The van der Waals surface area contributed by atoms with E-state index in [0.29, 0.717) is 11.8 Å². The maximum Gasteiger partial charge on any atom is 0.226 e. The number of fused-ring (bicyclic) bond motifs is 1. The molecule has 1 amide bonds. The Hall–Kier alpha value is -0.610. The minimum atomic E-state index is 0.396. The van der Waals surface area contributed by atoms with Crippen molar-refractivity contribution < 1.29 is 4.79 Å². The summed E-state index contributed by atoms with van der Waals surface area (Å²) in [7, 11) is 0. The van der Waals surface area contributed by atoms with Gasteiger partial charge in [0.25, 0.3) is 0 Å². The van der Waals surface area contributed by atoms with Crippen LogP contribution in [0.2, 0.25) is 0 Å². The van der Waals surface area contributed by atoms with Crippen LogP contribution in [-0.4, -0.2) is 55.0 Å². The first-order valence-electron chi connectivity index (χ1n) is 8.52. The molecule has 114 valence electrons. The molecule has 20 heavy (non-hydrogen) atoms. The third kappa shape index (κ3) is 3.01. The van der Waals surface area contributed by atoms with Crippen LogP contribution in [0.5, 0.6) is 0 Å². The van der Waals surface area contributed by atoms with E-state index in [1.807, 2.05) is 0 Å². The van der Waals surface area contributed by atoms with Gasteiger partial charge < -0.3 is 15.5 Å². The van der Waals surface area contributed by atoms with E-state index < -0.39 is 0 Å². The highest BCUT2D eigenvalue weighted by Gasteiger charge is 2.55. The number of hydrogen-bond acceptors (Lipinski definition) is 3. The van der Waals surface area contributed by atoms with Crippen LogP contribution in [-0.2, 0) is 4.79 Å². The van der Waals surface area contributed by atoms with Crippen LogP contribution in [0.3, 0.4) is 0 Å². The van der Waals surface area contributed by atoms with Crippen LogP contribution in [0.1, 0.15) is 38.5 Å². The predicted molar refractivity (Wildman–Crippen MR) is 80.2 cm³/mol.